The van der Waals surface area contributed by atoms with Crippen molar-refractivity contribution in [1.82, 2.24) is 0 Å². The van der Waals surface area contributed by atoms with E-state index >= 15 is 0 Å². The number of anilines is 1. The fraction of sp³-hybridized carbons (Fsp3) is 0.250. The number of amides is 1. The molecule has 3 unspecified atom stereocenters. The van der Waals surface area contributed by atoms with Crippen LogP contribution in [0.3, 0.4) is 0 Å². The van der Waals surface area contributed by atoms with Gasteiger partial charge in [0.05, 0.1) is 23.3 Å². The highest BCUT2D eigenvalue weighted by atomic mass is 35.5. The zero-order valence-electron chi connectivity index (χ0n) is 19.3. The lowest BCUT2D eigenvalue weighted by Crippen LogP contribution is -2.49. The summed E-state index contributed by atoms with van der Waals surface area (Å²) >= 11 is 6.42. The molecule has 4 nitrogen and oxygen atoms in total. The molecule has 5 rings (SSSR count). The molecule has 0 bridgehead atoms. The summed E-state index contributed by atoms with van der Waals surface area (Å²) in [6.45, 7) is 1.86. The number of benzene rings is 3. The third-order valence-electron chi connectivity index (χ3n) is 6.83. The highest BCUT2D eigenvalue weighted by Gasteiger charge is 2.52. The summed E-state index contributed by atoms with van der Waals surface area (Å²) in [5.74, 6) is -3.59. The molecule has 0 radical (unpaired) electrons. The van der Waals surface area contributed by atoms with E-state index in [0.29, 0.717) is 22.7 Å². The van der Waals surface area contributed by atoms with Crippen LogP contribution in [-0.4, -0.2) is 23.6 Å². The zero-order chi connectivity index (χ0) is 25.6. The van der Waals surface area contributed by atoms with Crippen molar-refractivity contribution in [2.45, 2.75) is 37.9 Å². The number of nitrogens with zero attached hydrogens (tertiary/aromatic N) is 2. The van der Waals surface area contributed by atoms with Crippen molar-refractivity contribution >= 4 is 40.4 Å². The van der Waals surface area contributed by atoms with Crippen molar-refractivity contribution in [3.8, 4) is 0 Å². The highest BCUT2D eigenvalue weighted by molar-refractivity contribution is 6.31. The molecule has 3 atom stereocenters. The van der Waals surface area contributed by atoms with Gasteiger partial charge in [0.1, 0.15) is 5.78 Å². The molecule has 0 spiro atoms. The van der Waals surface area contributed by atoms with Gasteiger partial charge >= 0.3 is 12.1 Å². The van der Waals surface area contributed by atoms with Gasteiger partial charge in [0.2, 0.25) is 0 Å². The van der Waals surface area contributed by atoms with Crippen molar-refractivity contribution in [3.05, 3.63) is 94.5 Å². The molecular formula is C28H22ClF3N2O2. The average molecular weight is 511 g/mol. The van der Waals surface area contributed by atoms with E-state index in [1.165, 1.54) is 6.07 Å². The first-order valence-corrected chi connectivity index (χ1v) is 11.9. The second kappa shape index (κ2) is 9.21. The molecule has 8 heteroatoms. The number of carbonyl (C=O) groups is 2. The number of rotatable bonds is 2. The van der Waals surface area contributed by atoms with Gasteiger partial charge in [0.15, 0.2) is 0 Å². The number of ketones is 1. The van der Waals surface area contributed by atoms with E-state index in [1.807, 2.05) is 19.1 Å². The Morgan fingerprint density at radius 2 is 1.64 bits per heavy atom. The second-order valence-electron chi connectivity index (χ2n) is 9.19. The molecule has 0 aromatic heterocycles. The Morgan fingerprint density at radius 3 is 2.33 bits per heavy atom. The minimum Gasteiger partial charge on any atom is -0.299 e. The number of carbonyl (C=O) groups excluding carboxylic acids is 2. The van der Waals surface area contributed by atoms with Crippen molar-refractivity contribution < 1.29 is 22.8 Å². The Bertz CT molecular complexity index is 1370. The molecule has 0 saturated heterocycles. The first-order valence-electron chi connectivity index (χ1n) is 11.6. The lowest BCUT2D eigenvalue weighted by atomic mass is 9.72. The van der Waals surface area contributed by atoms with E-state index in [0.717, 1.165) is 16.0 Å². The van der Waals surface area contributed by atoms with Gasteiger partial charge in [-0.05, 0) is 48.6 Å². The third kappa shape index (κ3) is 4.32. The average Bonchev–Trinajstić information content (AvgIpc) is 2.98. The Kier molecular flexibility index (Phi) is 6.20. The summed E-state index contributed by atoms with van der Waals surface area (Å²) < 4.78 is 41.8. The molecule has 1 amide bonds. The quantitative estimate of drug-likeness (QED) is 0.368. The van der Waals surface area contributed by atoms with E-state index < -0.39 is 24.0 Å². The number of Topliss-reactive ketones (excluding diaryl/α,β-unsaturated/α-hetero) is 1. The predicted molar refractivity (Wildman–Crippen MR) is 133 cm³/mol. The number of aliphatic imine (C=N–C) groups is 1. The summed E-state index contributed by atoms with van der Waals surface area (Å²) in [4.78, 5) is 32.1. The van der Waals surface area contributed by atoms with Crippen LogP contribution in [0.25, 0.3) is 0 Å². The maximum absolute atomic E-state index is 13.9. The molecule has 1 fully saturated rings. The van der Waals surface area contributed by atoms with Gasteiger partial charge in [-0.15, -0.1) is 0 Å². The SMILES string of the molecule is Cc1ccc(C2C3C(=O)CC(c4ccccc4Cl)CC3=Nc3ccccc3N2C(=O)C(F)(F)F)cc1. The van der Waals surface area contributed by atoms with Gasteiger partial charge in [0.25, 0.3) is 0 Å². The minimum atomic E-state index is -5.14. The van der Waals surface area contributed by atoms with Crippen LogP contribution in [-0.2, 0) is 9.59 Å². The molecule has 36 heavy (non-hydrogen) atoms. The smallest absolute Gasteiger partial charge is 0.299 e. The van der Waals surface area contributed by atoms with Crippen LogP contribution in [0.1, 0.15) is 41.5 Å². The Balaban J connectivity index is 1.71. The number of para-hydroxylation sites is 2. The van der Waals surface area contributed by atoms with E-state index in [9.17, 15) is 22.8 Å². The Labute approximate surface area is 211 Å². The van der Waals surface area contributed by atoms with E-state index in [1.54, 1.807) is 54.6 Å². The van der Waals surface area contributed by atoms with Crippen molar-refractivity contribution in [3.63, 3.8) is 0 Å². The van der Waals surface area contributed by atoms with Crippen LogP contribution >= 0.6 is 11.6 Å². The van der Waals surface area contributed by atoms with Gasteiger partial charge in [-0.1, -0.05) is 71.8 Å². The molecule has 184 valence electrons. The molecule has 0 N–H and O–H groups in total. The summed E-state index contributed by atoms with van der Waals surface area (Å²) in [7, 11) is 0. The summed E-state index contributed by atoms with van der Waals surface area (Å²) in [6, 6.07) is 19.1. The van der Waals surface area contributed by atoms with Crippen LogP contribution in [0.15, 0.2) is 77.8 Å². The van der Waals surface area contributed by atoms with Gasteiger partial charge in [-0.2, -0.15) is 13.2 Å². The van der Waals surface area contributed by atoms with Crippen LogP contribution in [0.5, 0.6) is 0 Å². The van der Waals surface area contributed by atoms with Gasteiger partial charge < -0.3 is 0 Å². The van der Waals surface area contributed by atoms with Crippen LogP contribution < -0.4 is 4.90 Å². The van der Waals surface area contributed by atoms with E-state index in [4.69, 9.17) is 16.6 Å². The van der Waals surface area contributed by atoms with Gasteiger partial charge in [-0.25, -0.2) is 0 Å². The van der Waals surface area contributed by atoms with Crippen LogP contribution in [0, 0.1) is 12.8 Å². The van der Waals surface area contributed by atoms with Crippen LogP contribution in [0.2, 0.25) is 5.02 Å². The number of fused-ring (bicyclic) bond motifs is 2. The van der Waals surface area contributed by atoms with Crippen molar-refractivity contribution in [1.29, 1.82) is 0 Å². The van der Waals surface area contributed by atoms with Crippen molar-refractivity contribution in [2.75, 3.05) is 4.90 Å². The molecule has 3 aromatic carbocycles. The Hall–Kier alpha value is -3.45. The number of hydrogen-bond acceptors (Lipinski definition) is 3. The summed E-state index contributed by atoms with van der Waals surface area (Å²) in [5, 5.41) is 0.521. The lowest BCUT2D eigenvalue weighted by Gasteiger charge is -2.39. The Morgan fingerprint density at radius 1 is 0.972 bits per heavy atom. The first kappa shape index (κ1) is 24.3. The first-order chi connectivity index (χ1) is 17.1. The number of halogens is 4. The largest absolute Gasteiger partial charge is 0.471 e. The lowest BCUT2D eigenvalue weighted by molar-refractivity contribution is -0.171. The normalized spacial score (nSPS) is 21.8. The summed E-state index contributed by atoms with van der Waals surface area (Å²) in [5.41, 5.74) is 2.83. The van der Waals surface area contributed by atoms with E-state index in [2.05, 4.69) is 0 Å². The predicted octanol–water partition coefficient (Wildman–Crippen LogP) is 7.13. The third-order valence-corrected chi connectivity index (χ3v) is 7.18. The minimum absolute atomic E-state index is 0.0226. The monoisotopic (exact) mass is 510 g/mol. The molecule has 1 aliphatic heterocycles. The maximum Gasteiger partial charge on any atom is 0.471 e. The molecule has 1 aliphatic carbocycles. The van der Waals surface area contributed by atoms with Gasteiger partial charge in [-0.3, -0.25) is 19.5 Å². The summed E-state index contributed by atoms with van der Waals surface area (Å²) in [6.07, 6.45) is -4.72. The zero-order valence-corrected chi connectivity index (χ0v) is 20.1. The molecule has 2 aliphatic rings. The molecule has 1 saturated carbocycles. The van der Waals surface area contributed by atoms with Crippen molar-refractivity contribution in [2.24, 2.45) is 10.9 Å². The fourth-order valence-electron chi connectivity index (χ4n) is 5.20. The topological polar surface area (TPSA) is 49.7 Å². The number of hydrogen-bond donors (Lipinski definition) is 0. The maximum atomic E-state index is 13.9. The number of aryl methyl sites for hydroxylation is 1. The fourth-order valence-corrected chi connectivity index (χ4v) is 5.49. The van der Waals surface area contributed by atoms with Gasteiger partial charge in [0, 0.05) is 17.2 Å². The molecular weight excluding hydrogens is 489 g/mol. The second-order valence-corrected chi connectivity index (χ2v) is 9.60. The highest BCUT2D eigenvalue weighted by Crippen LogP contribution is 2.48. The number of alkyl halides is 3. The standard InChI is InChI=1S/C28H22ClF3N2O2/c1-16-10-12-17(13-11-16)26-25-22(14-18(15-24(25)35)19-6-2-3-7-20(19)29)33-21-8-4-5-9-23(21)34(26)27(36)28(30,31)32/h2-13,18,25-26H,14-15H2,1H3. The molecule has 1 heterocycles. The molecule has 3 aromatic rings. The van der Waals surface area contributed by atoms with Crippen LogP contribution in [0.4, 0.5) is 24.5 Å². The van der Waals surface area contributed by atoms with E-state index in [-0.39, 0.29) is 29.5 Å².